The van der Waals surface area contributed by atoms with E-state index < -0.39 is 0 Å². The molecule has 21 heavy (non-hydrogen) atoms. The number of nitrogens with zero attached hydrogens (tertiary/aromatic N) is 2. The van der Waals surface area contributed by atoms with Crippen LogP contribution in [0.3, 0.4) is 0 Å². The highest BCUT2D eigenvalue weighted by atomic mass is 32.1. The summed E-state index contributed by atoms with van der Waals surface area (Å²) in [6, 6.07) is 1.83. The molecule has 0 saturated carbocycles. The Kier molecular flexibility index (Phi) is 7.44. The number of thiophene rings is 1. The molecule has 0 aromatic carbocycles. The van der Waals surface area contributed by atoms with Crippen LogP contribution in [0, 0.1) is 17.8 Å². The van der Waals surface area contributed by atoms with E-state index in [1.165, 1.54) is 11.3 Å². The van der Waals surface area contributed by atoms with Gasteiger partial charge in [0, 0.05) is 25.2 Å². The van der Waals surface area contributed by atoms with Crippen molar-refractivity contribution in [2.75, 3.05) is 40.3 Å². The van der Waals surface area contributed by atoms with Gasteiger partial charge in [0.25, 0.3) is 5.91 Å². The molecule has 1 N–H and O–H groups in total. The summed E-state index contributed by atoms with van der Waals surface area (Å²) < 4.78 is 0. The van der Waals surface area contributed by atoms with Gasteiger partial charge in [-0.3, -0.25) is 4.79 Å². The first-order valence-corrected chi connectivity index (χ1v) is 7.95. The summed E-state index contributed by atoms with van der Waals surface area (Å²) in [5.41, 5.74) is 0.706. The maximum absolute atomic E-state index is 12.7. The number of aliphatic hydroxyl groups is 1. The van der Waals surface area contributed by atoms with Crippen molar-refractivity contribution in [3.05, 3.63) is 21.9 Å². The van der Waals surface area contributed by atoms with Crippen LogP contribution in [0.5, 0.6) is 0 Å². The molecule has 0 aliphatic rings. The monoisotopic (exact) mass is 308 g/mol. The largest absolute Gasteiger partial charge is 0.384 e. The smallest absolute Gasteiger partial charge is 0.265 e. The third kappa shape index (κ3) is 5.88. The first-order valence-electron chi connectivity index (χ1n) is 7.07. The Labute approximate surface area is 131 Å². The maximum Gasteiger partial charge on any atom is 0.265 e. The summed E-state index contributed by atoms with van der Waals surface area (Å²) in [4.78, 5) is 17.3. The van der Waals surface area contributed by atoms with Gasteiger partial charge in [-0.2, -0.15) is 0 Å². The summed E-state index contributed by atoms with van der Waals surface area (Å²) in [5, 5.41) is 10.7. The molecule has 1 aromatic rings. The van der Waals surface area contributed by atoms with E-state index in [1.807, 2.05) is 30.4 Å². The van der Waals surface area contributed by atoms with Crippen LogP contribution in [0.4, 0.5) is 0 Å². The fourth-order valence-corrected chi connectivity index (χ4v) is 2.71. The minimum atomic E-state index is -0.195. The summed E-state index contributed by atoms with van der Waals surface area (Å²) in [5.74, 6) is 5.91. The number of hydrogen-bond acceptors (Lipinski definition) is 4. The van der Waals surface area contributed by atoms with Gasteiger partial charge >= 0.3 is 0 Å². The zero-order chi connectivity index (χ0) is 15.8. The zero-order valence-electron chi connectivity index (χ0n) is 13.2. The van der Waals surface area contributed by atoms with Crippen LogP contribution >= 0.6 is 11.3 Å². The topological polar surface area (TPSA) is 43.8 Å². The van der Waals surface area contributed by atoms with Gasteiger partial charge in [0.15, 0.2) is 0 Å². The molecule has 1 amide bonds. The van der Waals surface area contributed by atoms with Gasteiger partial charge in [-0.25, -0.2) is 0 Å². The molecule has 0 radical (unpaired) electrons. The highest BCUT2D eigenvalue weighted by Gasteiger charge is 2.20. The number of aliphatic hydroxyl groups excluding tert-OH is 1. The minimum absolute atomic E-state index is 0.0304. The maximum atomic E-state index is 12.7. The van der Waals surface area contributed by atoms with E-state index in [9.17, 15) is 4.79 Å². The van der Waals surface area contributed by atoms with E-state index in [0.29, 0.717) is 22.9 Å². The van der Waals surface area contributed by atoms with Crippen molar-refractivity contribution in [1.82, 2.24) is 9.80 Å². The molecule has 0 aliphatic carbocycles. The lowest BCUT2D eigenvalue weighted by molar-refractivity contribution is 0.0729. The van der Waals surface area contributed by atoms with Gasteiger partial charge in [-0.1, -0.05) is 25.7 Å². The summed E-state index contributed by atoms with van der Waals surface area (Å²) in [7, 11) is 4.00. The predicted molar refractivity (Wildman–Crippen MR) is 87.6 cm³/mol. The van der Waals surface area contributed by atoms with E-state index in [1.54, 1.807) is 0 Å². The standard InChI is InChI=1S/C16H24N2O2S/c1-13(2)12-18(9-8-17(3)4)16(20)15-14(6-5-10-19)7-11-21-15/h7,11,13,19H,8-10,12H2,1-4H3. The lowest BCUT2D eigenvalue weighted by Gasteiger charge is -2.25. The van der Waals surface area contributed by atoms with Crippen molar-refractivity contribution >= 4 is 17.2 Å². The van der Waals surface area contributed by atoms with E-state index in [4.69, 9.17) is 5.11 Å². The van der Waals surface area contributed by atoms with Gasteiger partial charge in [-0.15, -0.1) is 11.3 Å². The average Bonchev–Trinajstić information content (AvgIpc) is 2.88. The molecule has 4 nitrogen and oxygen atoms in total. The summed E-state index contributed by atoms with van der Waals surface area (Å²) >= 11 is 1.41. The Hall–Kier alpha value is -1.35. The lowest BCUT2D eigenvalue weighted by atomic mass is 10.2. The molecular formula is C16H24N2O2S. The molecule has 1 heterocycles. The highest BCUT2D eigenvalue weighted by Crippen LogP contribution is 2.19. The van der Waals surface area contributed by atoms with E-state index in [2.05, 4.69) is 30.6 Å². The Balaban J connectivity index is 2.91. The first kappa shape index (κ1) is 17.7. The second kappa shape index (κ2) is 8.83. The average molecular weight is 308 g/mol. The number of likely N-dealkylation sites (N-methyl/N-ethyl adjacent to an activating group) is 1. The second-order valence-corrected chi connectivity index (χ2v) is 6.49. The van der Waals surface area contributed by atoms with Gasteiger partial charge in [-0.05, 0) is 31.5 Å². The van der Waals surface area contributed by atoms with Crippen LogP contribution in [0.2, 0.25) is 0 Å². The molecule has 0 spiro atoms. The number of amides is 1. The molecule has 0 saturated heterocycles. The van der Waals surface area contributed by atoms with Gasteiger partial charge in [0.1, 0.15) is 11.5 Å². The zero-order valence-corrected chi connectivity index (χ0v) is 14.0. The molecular weight excluding hydrogens is 284 g/mol. The molecule has 5 heteroatoms. The predicted octanol–water partition coefficient (Wildman–Crippen LogP) is 1.75. The quantitative estimate of drug-likeness (QED) is 0.814. The molecule has 0 aliphatic heterocycles. The van der Waals surface area contributed by atoms with Crippen LogP contribution in [-0.4, -0.2) is 61.2 Å². The SMILES string of the molecule is CC(C)CN(CCN(C)C)C(=O)c1sccc1C#CCO. The summed E-state index contributed by atoms with van der Waals surface area (Å²) in [6.45, 7) is 6.29. The molecule has 1 rings (SSSR count). The highest BCUT2D eigenvalue weighted by molar-refractivity contribution is 7.12. The van der Waals surface area contributed by atoms with Gasteiger partial charge < -0.3 is 14.9 Å². The minimum Gasteiger partial charge on any atom is -0.384 e. The van der Waals surface area contributed by atoms with Crippen LogP contribution in [0.1, 0.15) is 29.1 Å². The number of carbonyl (C=O) groups excluding carboxylic acids is 1. The normalized spacial score (nSPS) is 10.6. The molecule has 0 fully saturated rings. The van der Waals surface area contributed by atoms with Crippen molar-refractivity contribution in [2.45, 2.75) is 13.8 Å². The van der Waals surface area contributed by atoms with E-state index >= 15 is 0 Å². The molecule has 116 valence electrons. The number of carbonyl (C=O) groups is 1. The molecule has 0 bridgehead atoms. The molecule has 0 unspecified atom stereocenters. The number of rotatable bonds is 6. The second-order valence-electron chi connectivity index (χ2n) is 5.57. The van der Waals surface area contributed by atoms with Crippen molar-refractivity contribution in [3.63, 3.8) is 0 Å². The Morgan fingerprint density at radius 3 is 2.67 bits per heavy atom. The van der Waals surface area contributed by atoms with Gasteiger partial charge in [0.2, 0.25) is 0 Å². The van der Waals surface area contributed by atoms with E-state index in [0.717, 1.165) is 13.1 Å². The van der Waals surface area contributed by atoms with E-state index in [-0.39, 0.29) is 12.5 Å². The Morgan fingerprint density at radius 2 is 2.10 bits per heavy atom. The summed E-state index contributed by atoms with van der Waals surface area (Å²) in [6.07, 6.45) is 0. The van der Waals surface area contributed by atoms with Crippen LogP contribution in [0.15, 0.2) is 11.4 Å². The molecule has 0 atom stereocenters. The van der Waals surface area contributed by atoms with Crippen molar-refractivity contribution in [2.24, 2.45) is 5.92 Å². The lowest BCUT2D eigenvalue weighted by Crippen LogP contribution is -2.38. The Morgan fingerprint density at radius 1 is 1.38 bits per heavy atom. The third-order valence-corrected chi connectivity index (χ3v) is 3.75. The first-order chi connectivity index (χ1) is 9.95. The van der Waals surface area contributed by atoms with Crippen LogP contribution < -0.4 is 0 Å². The third-order valence-electron chi connectivity index (χ3n) is 2.85. The fraction of sp³-hybridized carbons (Fsp3) is 0.562. The van der Waals surface area contributed by atoms with Crippen molar-refractivity contribution in [1.29, 1.82) is 0 Å². The Bertz CT molecular complexity index is 512. The van der Waals surface area contributed by atoms with Crippen LogP contribution in [-0.2, 0) is 0 Å². The van der Waals surface area contributed by atoms with Crippen molar-refractivity contribution < 1.29 is 9.90 Å². The van der Waals surface area contributed by atoms with Crippen molar-refractivity contribution in [3.8, 4) is 11.8 Å². The number of hydrogen-bond donors (Lipinski definition) is 1. The van der Waals surface area contributed by atoms with Crippen LogP contribution in [0.25, 0.3) is 0 Å². The van der Waals surface area contributed by atoms with Gasteiger partial charge in [0.05, 0.1) is 0 Å². The fourth-order valence-electron chi connectivity index (χ4n) is 1.89. The molecule has 1 aromatic heterocycles.